The molecular weight excluding hydrogens is 346 g/mol. The van der Waals surface area contributed by atoms with Gasteiger partial charge in [-0.2, -0.15) is 0 Å². The van der Waals surface area contributed by atoms with Crippen LogP contribution in [-0.4, -0.2) is 63.5 Å². The summed E-state index contributed by atoms with van der Waals surface area (Å²) >= 11 is 0. The Morgan fingerprint density at radius 2 is 2.15 bits per heavy atom. The Labute approximate surface area is 160 Å². The predicted octanol–water partition coefficient (Wildman–Crippen LogP) is 1.34. The minimum atomic E-state index is -0.180. The molecule has 0 aromatic carbocycles. The van der Waals surface area contributed by atoms with Crippen molar-refractivity contribution in [2.75, 3.05) is 40.5 Å². The highest BCUT2D eigenvalue weighted by atomic mass is 16.5. The van der Waals surface area contributed by atoms with E-state index in [9.17, 15) is 4.79 Å². The highest BCUT2D eigenvalue weighted by Gasteiger charge is 2.26. The summed E-state index contributed by atoms with van der Waals surface area (Å²) in [6.45, 7) is 9.20. The first-order valence-electron chi connectivity index (χ1n) is 8.53. The number of nitrogens with zero attached hydrogens (tertiary/aromatic N) is 3. The molecule has 1 aliphatic rings. The first kappa shape index (κ1) is 22.2. The van der Waals surface area contributed by atoms with Crippen LogP contribution >= 0.6 is 0 Å². The fourth-order valence-corrected chi connectivity index (χ4v) is 2.21. The molecule has 0 unspecified atom stereocenters. The third-order valence-corrected chi connectivity index (χ3v) is 3.48. The second kappa shape index (κ2) is 11.7. The van der Waals surface area contributed by atoms with Crippen molar-refractivity contribution < 1.29 is 14.3 Å². The lowest BCUT2D eigenvalue weighted by molar-refractivity contribution is -0.121. The highest BCUT2D eigenvalue weighted by molar-refractivity contribution is 6.02. The van der Waals surface area contributed by atoms with Gasteiger partial charge in [-0.05, 0) is 13.8 Å². The molecular formula is C19H29N5O3. The number of carbonyl (C=O) groups excluding carboxylic acids is 1. The molecule has 148 valence electrons. The Morgan fingerprint density at radius 3 is 2.78 bits per heavy atom. The monoisotopic (exact) mass is 375 g/mol. The molecule has 0 aromatic heterocycles. The second-order valence-corrected chi connectivity index (χ2v) is 6.03. The molecule has 1 amide bonds. The van der Waals surface area contributed by atoms with Crippen molar-refractivity contribution in [3.8, 4) is 0 Å². The maximum absolute atomic E-state index is 12.1. The van der Waals surface area contributed by atoms with E-state index < -0.39 is 0 Å². The number of nitrogens with two attached hydrogens (primary N) is 1. The van der Waals surface area contributed by atoms with Crippen molar-refractivity contribution >= 4 is 18.1 Å². The van der Waals surface area contributed by atoms with Crippen LogP contribution in [0.4, 0.5) is 0 Å². The number of carbonyl (C=O) groups is 1. The van der Waals surface area contributed by atoms with E-state index in [1.54, 1.807) is 14.2 Å². The maximum atomic E-state index is 12.1. The van der Waals surface area contributed by atoms with E-state index in [1.165, 1.54) is 6.40 Å². The Hall–Kier alpha value is -2.87. The number of hydrogen-bond donors (Lipinski definition) is 2. The fourth-order valence-electron chi connectivity index (χ4n) is 2.21. The molecule has 0 atom stereocenters. The van der Waals surface area contributed by atoms with Crippen LogP contribution in [0.2, 0.25) is 0 Å². The lowest BCUT2D eigenvalue weighted by Crippen LogP contribution is -2.47. The molecule has 1 rings (SSSR count). The van der Waals surface area contributed by atoms with E-state index in [-0.39, 0.29) is 18.3 Å². The molecule has 0 saturated carbocycles. The van der Waals surface area contributed by atoms with Gasteiger partial charge in [-0.3, -0.25) is 9.79 Å². The summed E-state index contributed by atoms with van der Waals surface area (Å²) in [6.07, 6.45) is 7.12. The number of aliphatic imine (C=N–C) groups is 2. The van der Waals surface area contributed by atoms with E-state index in [0.717, 1.165) is 11.1 Å². The van der Waals surface area contributed by atoms with Crippen molar-refractivity contribution in [2.45, 2.75) is 13.8 Å². The number of ether oxygens (including phenoxy) is 2. The first-order valence-corrected chi connectivity index (χ1v) is 8.53. The molecule has 8 nitrogen and oxygen atoms in total. The first-order chi connectivity index (χ1) is 12.9. The van der Waals surface area contributed by atoms with Gasteiger partial charge in [0, 0.05) is 20.7 Å². The SMILES string of the molecule is C=C(C)/C=C\C=C(/C)CN1CC(=O)NC(C(N)=NC)=C1/N=C/OCCOC. The summed E-state index contributed by atoms with van der Waals surface area (Å²) < 4.78 is 10.2. The molecule has 0 spiro atoms. The topological polar surface area (TPSA) is 102 Å². The van der Waals surface area contributed by atoms with Gasteiger partial charge >= 0.3 is 0 Å². The lowest BCUT2D eigenvalue weighted by atomic mass is 10.2. The summed E-state index contributed by atoms with van der Waals surface area (Å²) in [5.41, 5.74) is 8.31. The summed E-state index contributed by atoms with van der Waals surface area (Å²) in [6, 6.07) is 0. The van der Waals surface area contributed by atoms with Crippen LogP contribution in [0.3, 0.4) is 0 Å². The zero-order valence-corrected chi connectivity index (χ0v) is 16.5. The number of hydrogen-bond acceptors (Lipinski definition) is 6. The Morgan fingerprint density at radius 1 is 1.41 bits per heavy atom. The van der Waals surface area contributed by atoms with E-state index >= 15 is 0 Å². The molecule has 0 fully saturated rings. The fraction of sp³-hybridized carbons (Fsp3) is 0.421. The van der Waals surface area contributed by atoms with E-state index in [2.05, 4.69) is 21.9 Å². The third kappa shape index (κ3) is 7.91. The zero-order chi connectivity index (χ0) is 20.2. The minimum absolute atomic E-state index is 0.153. The van der Waals surface area contributed by atoms with E-state index in [1.807, 2.05) is 37.0 Å². The third-order valence-electron chi connectivity index (χ3n) is 3.48. The van der Waals surface area contributed by atoms with E-state index in [4.69, 9.17) is 15.2 Å². The Kier molecular flexibility index (Phi) is 9.60. The van der Waals surface area contributed by atoms with Crippen LogP contribution in [0, 0.1) is 0 Å². The van der Waals surface area contributed by atoms with Gasteiger partial charge in [0.25, 0.3) is 0 Å². The zero-order valence-electron chi connectivity index (χ0n) is 16.5. The van der Waals surface area contributed by atoms with Crippen LogP contribution in [0.25, 0.3) is 0 Å². The van der Waals surface area contributed by atoms with Crippen molar-refractivity contribution in [3.05, 3.63) is 47.5 Å². The molecule has 0 aromatic rings. The molecule has 0 saturated heterocycles. The smallest absolute Gasteiger partial charge is 0.244 e. The molecule has 8 heteroatoms. The molecule has 27 heavy (non-hydrogen) atoms. The minimum Gasteiger partial charge on any atom is -0.481 e. The molecule has 1 heterocycles. The summed E-state index contributed by atoms with van der Waals surface area (Å²) in [4.78, 5) is 22.2. The standard InChI is InChI=1S/C19H29N5O3/c1-14(2)7-6-8-15(3)11-24-12-16(25)23-17(18(20)21-4)19(24)22-13-27-10-9-26-5/h6-8,13H,1,9-12H2,2-5H3,(H2,20,21)(H,23,25)/b7-6-,15-8+,22-13+. The van der Waals surface area contributed by atoms with Gasteiger partial charge in [-0.15, -0.1) is 0 Å². The van der Waals surface area contributed by atoms with Gasteiger partial charge in [0.15, 0.2) is 12.2 Å². The molecule has 0 bridgehead atoms. The molecule has 0 radical (unpaired) electrons. The normalized spacial score (nSPS) is 16.4. The number of allylic oxidation sites excluding steroid dienone is 4. The van der Waals surface area contributed by atoms with Gasteiger partial charge in [-0.25, -0.2) is 4.99 Å². The van der Waals surface area contributed by atoms with Crippen molar-refractivity contribution in [2.24, 2.45) is 15.7 Å². The van der Waals surface area contributed by atoms with Gasteiger partial charge in [0.1, 0.15) is 18.1 Å². The predicted molar refractivity (Wildman–Crippen MR) is 108 cm³/mol. The van der Waals surface area contributed by atoms with E-state index in [0.29, 0.717) is 31.3 Å². The van der Waals surface area contributed by atoms with Crippen molar-refractivity contribution in [3.63, 3.8) is 0 Å². The average molecular weight is 375 g/mol. The Balaban J connectivity index is 3.09. The van der Waals surface area contributed by atoms with Gasteiger partial charge in [0.05, 0.1) is 13.2 Å². The summed E-state index contributed by atoms with van der Waals surface area (Å²) in [5, 5.41) is 2.73. The number of amides is 1. The molecule has 0 aliphatic carbocycles. The molecule has 1 aliphatic heterocycles. The number of amidine groups is 1. The van der Waals surface area contributed by atoms with Crippen LogP contribution in [0.1, 0.15) is 13.8 Å². The van der Waals surface area contributed by atoms with Crippen LogP contribution in [0.5, 0.6) is 0 Å². The average Bonchev–Trinajstić information content (AvgIpc) is 2.61. The van der Waals surface area contributed by atoms with Crippen molar-refractivity contribution in [1.82, 2.24) is 10.2 Å². The highest BCUT2D eigenvalue weighted by Crippen LogP contribution is 2.17. The van der Waals surface area contributed by atoms with Crippen molar-refractivity contribution in [1.29, 1.82) is 0 Å². The quantitative estimate of drug-likeness (QED) is 0.260. The van der Waals surface area contributed by atoms with Crippen LogP contribution in [-0.2, 0) is 14.3 Å². The van der Waals surface area contributed by atoms with Crippen LogP contribution in [0.15, 0.2) is 57.5 Å². The molecule has 3 N–H and O–H groups in total. The summed E-state index contributed by atoms with van der Waals surface area (Å²) in [7, 11) is 3.15. The van der Waals surface area contributed by atoms with Gasteiger partial charge in [0.2, 0.25) is 5.91 Å². The van der Waals surface area contributed by atoms with Gasteiger partial charge in [-0.1, -0.05) is 36.0 Å². The number of nitrogens with one attached hydrogen (secondary N) is 1. The lowest BCUT2D eigenvalue weighted by Gasteiger charge is -2.31. The van der Waals surface area contributed by atoms with Gasteiger partial charge < -0.3 is 25.4 Å². The van der Waals surface area contributed by atoms with Crippen LogP contribution < -0.4 is 11.1 Å². The summed E-state index contributed by atoms with van der Waals surface area (Å²) in [5.74, 6) is 0.508. The Bertz CT molecular complexity index is 689. The number of methoxy groups -OCH3 is 1. The second-order valence-electron chi connectivity index (χ2n) is 6.03. The maximum Gasteiger partial charge on any atom is 0.244 e. The largest absolute Gasteiger partial charge is 0.481 e. The number of rotatable bonds is 10.